The Morgan fingerprint density at radius 3 is 3.00 bits per heavy atom. The van der Waals surface area contributed by atoms with Crippen LogP contribution in [0.1, 0.15) is 24.8 Å². The first kappa shape index (κ1) is 11.6. The van der Waals surface area contributed by atoms with E-state index in [0.29, 0.717) is 24.8 Å². The first-order chi connectivity index (χ1) is 8.72. The first-order valence-electron chi connectivity index (χ1n) is 6.34. The quantitative estimate of drug-likeness (QED) is 0.654. The molecule has 2 aliphatic heterocycles. The van der Waals surface area contributed by atoms with Crippen LogP contribution in [0.5, 0.6) is 0 Å². The highest BCUT2D eigenvalue weighted by Gasteiger charge is 2.40. The van der Waals surface area contributed by atoms with E-state index in [2.05, 4.69) is 5.32 Å². The topological polar surface area (TPSA) is 64.4 Å². The highest BCUT2D eigenvalue weighted by molar-refractivity contribution is 5.34. The third-order valence-electron chi connectivity index (χ3n) is 3.80. The maximum Gasteiger partial charge on any atom is 0.269 e. The van der Waals surface area contributed by atoms with Crippen molar-refractivity contribution in [2.45, 2.75) is 44.1 Å². The van der Waals surface area contributed by atoms with Gasteiger partial charge < -0.3 is 10.1 Å². The zero-order chi connectivity index (χ0) is 12.5. The van der Waals surface area contributed by atoms with Crippen molar-refractivity contribution in [1.29, 1.82) is 0 Å². The molecule has 0 saturated carbocycles. The molecule has 1 N–H and O–H groups in total. The van der Waals surface area contributed by atoms with E-state index in [1.165, 1.54) is 12.5 Å². The summed E-state index contributed by atoms with van der Waals surface area (Å²) >= 11 is 0. The van der Waals surface area contributed by atoms with Gasteiger partial charge in [-0.05, 0) is 24.8 Å². The number of ether oxygens (including phenoxy) is 1. The Kier molecular flexibility index (Phi) is 3.01. The van der Waals surface area contributed by atoms with Crippen LogP contribution in [0.3, 0.4) is 0 Å². The minimum absolute atomic E-state index is 0.151. The molecule has 0 aliphatic carbocycles. The smallest absolute Gasteiger partial charge is 0.269 e. The molecular weight excluding hydrogens is 232 g/mol. The molecule has 2 fully saturated rings. The van der Waals surface area contributed by atoms with Gasteiger partial charge in [0, 0.05) is 24.7 Å². The van der Waals surface area contributed by atoms with Crippen LogP contribution in [0.15, 0.2) is 24.3 Å². The van der Waals surface area contributed by atoms with Gasteiger partial charge >= 0.3 is 0 Å². The van der Waals surface area contributed by atoms with E-state index in [1.807, 2.05) is 6.07 Å². The van der Waals surface area contributed by atoms with Crippen molar-refractivity contribution in [3.05, 3.63) is 39.9 Å². The molecule has 1 aromatic carbocycles. The Morgan fingerprint density at radius 2 is 2.33 bits per heavy atom. The molecule has 2 bridgehead atoms. The SMILES string of the molecule is O=[N+]([O-])c1cccc(CNC2CC3CCC2O3)c1. The molecule has 2 heterocycles. The van der Waals surface area contributed by atoms with Crippen molar-refractivity contribution < 1.29 is 9.66 Å². The Balaban J connectivity index is 1.60. The van der Waals surface area contributed by atoms with E-state index in [9.17, 15) is 10.1 Å². The first-order valence-corrected chi connectivity index (χ1v) is 6.34. The van der Waals surface area contributed by atoms with Gasteiger partial charge in [-0.3, -0.25) is 10.1 Å². The lowest BCUT2D eigenvalue weighted by atomic mass is 9.95. The largest absolute Gasteiger partial charge is 0.373 e. The standard InChI is InChI=1S/C13H16N2O3/c16-15(17)10-3-1-2-9(6-10)8-14-12-7-11-4-5-13(12)18-11/h1-3,6,11-14H,4-5,7-8H2. The minimum atomic E-state index is -0.357. The number of nitrogens with one attached hydrogen (secondary N) is 1. The molecule has 5 heteroatoms. The summed E-state index contributed by atoms with van der Waals surface area (Å²) in [5, 5.41) is 14.1. The van der Waals surface area contributed by atoms with E-state index in [-0.39, 0.29) is 10.6 Å². The van der Waals surface area contributed by atoms with Crippen molar-refractivity contribution in [1.82, 2.24) is 5.32 Å². The molecule has 0 spiro atoms. The third-order valence-corrected chi connectivity index (χ3v) is 3.80. The van der Waals surface area contributed by atoms with Crippen LogP contribution in [-0.4, -0.2) is 23.2 Å². The van der Waals surface area contributed by atoms with Crippen molar-refractivity contribution in [3.63, 3.8) is 0 Å². The average Bonchev–Trinajstić information content (AvgIpc) is 2.99. The number of fused-ring (bicyclic) bond motifs is 2. The van der Waals surface area contributed by atoms with Crippen LogP contribution in [0.25, 0.3) is 0 Å². The minimum Gasteiger partial charge on any atom is -0.373 e. The highest BCUT2D eigenvalue weighted by Crippen LogP contribution is 2.34. The normalized spacial score (nSPS) is 29.7. The zero-order valence-electron chi connectivity index (χ0n) is 10.0. The second kappa shape index (κ2) is 4.66. The van der Waals surface area contributed by atoms with Crippen LogP contribution in [0.4, 0.5) is 5.69 Å². The molecule has 18 heavy (non-hydrogen) atoms. The molecule has 2 aliphatic rings. The fourth-order valence-corrected chi connectivity index (χ4v) is 2.88. The van der Waals surface area contributed by atoms with Gasteiger partial charge in [-0.1, -0.05) is 12.1 Å². The van der Waals surface area contributed by atoms with Crippen LogP contribution < -0.4 is 5.32 Å². The van der Waals surface area contributed by atoms with Gasteiger partial charge in [0.05, 0.1) is 17.1 Å². The molecule has 2 saturated heterocycles. The lowest BCUT2D eigenvalue weighted by Crippen LogP contribution is -2.36. The van der Waals surface area contributed by atoms with Gasteiger partial charge in [-0.25, -0.2) is 0 Å². The Hall–Kier alpha value is -1.46. The van der Waals surface area contributed by atoms with Gasteiger partial charge in [0.1, 0.15) is 0 Å². The summed E-state index contributed by atoms with van der Waals surface area (Å²) in [7, 11) is 0. The molecule has 0 aromatic heterocycles. The monoisotopic (exact) mass is 248 g/mol. The van der Waals surface area contributed by atoms with E-state index in [4.69, 9.17) is 4.74 Å². The number of nitro groups is 1. The van der Waals surface area contributed by atoms with Gasteiger partial charge in [0.2, 0.25) is 0 Å². The second-order valence-corrected chi connectivity index (χ2v) is 5.02. The molecule has 3 atom stereocenters. The van der Waals surface area contributed by atoms with Gasteiger partial charge in [-0.15, -0.1) is 0 Å². The maximum atomic E-state index is 10.7. The van der Waals surface area contributed by atoms with Crippen molar-refractivity contribution >= 4 is 5.69 Å². The molecule has 0 amide bonds. The van der Waals surface area contributed by atoms with E-state index in [0.717, 1.165) is 18.4 Å². The fourth-order valence-electron chi connectivity index (χ4n) is 2.88. The Bertz CT molecular complexity index is 463. The number of nitrogens with zero attached hydrogens (tertiary/aromatic N) is 1. The van der Waals surface area contributed by atoms with Crippen LogP contribution >= 0.6 is 0 Å². The van der Waals surface area contributed by atoms with Crippen LogP contribution in [-0.2, 0) is 11.3 Å². The summed E-state index contributed by atoms with van der Waals surface area (Å²) in [6.07, 6.45) is 4.16. The van der Waals surface area contributed by atoms with Gasteiger partial charge in [0.15, 0.2) is 0 Å². The van der Waals surface area contributed by atoms with E-state index < -0.39 is 0 Å². The number of hydrogen-bond donors (Lipinski definition) is 1. The van der Waals surface area contributed by atoms with Crippen LogP contribution in [0, 0.1) is 10.1 Å². The summed E-state index contributed by atoms with van der Waals surface area (Å²) in [5.41, 5.74) is 1.10. The van der Waals surface area contributed by atoms with E-state index in [1.54, 1.807) is 12.1 Å². The molecule has 0 radical (unpaired) electrons. The number of nitro benzene ring substituents is 1. The molecule has 1 aromatic rings. The summed E-state index contributed by atoms with van der Waals surface area (Å²) in [4.78, 5) is 10.3. The zero-order valence-corrected chi connectivity index (χ0v) is 10.0. The average molecular weight is 248 g/mol. The van der Waals surface area contributed by atoms with Crippen LogP contribution in [0.2, 0.25) is 0 Å². The molecule has 96 valence electrons. The summed E-state index contributed by atoms with van der Waals surface area (Å²) < 4.78 is 5.76. The summed E-state index contributed by atoms with van der Waals surface area (Å²) in [5.74, 6) is 0. The predicted molar refractivity (Wildman–Crippen MR) is 66.2 cm³/mol. The van der Waals surface area contributed by atoms with Crippen molar-refractivity contribution in [3.8, 4) is 0 Å². The Morgan fingerprint density at radius 1 is 1.44 bits per heavy atom. The number of benzene rings is 1. The summed E-state index contributed by atoms with van der Waals surface area (Å²) in [6, 6.07) is 7.19. The lowest BCUT2D eigenvalue weighted by molar-refractivity contribution is -0.384. The molecule has 5 nitrogen and oxygen atoms in total. The Labute approximate surface area is 105 Å². The van der Waals surface area contributed by atoms with Crippen molar-refractivity contribution in [2.24, 2.45) is 0 Å². The number of non-ortho nitro benzene ring substituents is 1. The molecule has 3 rings (SSSR count). The fraction of sp³-hybridized carbons (Fsp3) is 0.538. The number of hydrogen-bond acceptors (Lipinski definition) is 4. The maximum absolute atomic E-state index is 10.7. The highest BCUT2D eigenvalue weighted by atomic mass is 16.6. The second-order valence-electron chi connectivity index (χ2n) is 5.02. The lowest BCUT2D eigenvalue weighted by Gasteiger charge is -2.20. The predicted octanol–water partition coefficient (Wildman–Crippen LogP) is 2.00. The van der Waals surface area contributed by atoms with Crippen molar-refractivity contribution in [2.75, 3.05) is 0 Å². The third kappa shape index (κ3) is 2.23. The van der Waals surface area contributed by atoms with Gasteiger partial charge in [0.25, 0.3) is 5.69 Å². The summed E-state index contributed by atoms with van der Waals surface area (Å²) in [6.45, 7) is 0.666. The number of rotatable bonds is 4. The molecular formula is C13H16N2O3. The van der Waals surface area contributed by atoms with Gasteiger partial charge in [-0.2, -0.15) is 0 Å². The van der Waals surface area contributed by atoms with E-state index >= 15 is 0 Å². The molecule has 3 unspecified atom stereocenters.